The number of thiazole rings is 1. The van der Waals surface area contributed by atoms with Gasteiger partial charge >= 0.3 is 0 Å². The average Bonchev–Trinajstić information content (AvgIpc) is 2.90. The molecular weight excluding hydrogens is 248 g/mol. The Kier molecular flexibility index (Phi) is 3.88. The van der Waals surface area contributed by atoms with E-state index in [1.54, 1.807) is 43.0 Å². The van der Waals surface area contributed by atoms with Crippen LogP contribution in [0.5, 0.6) is 0 Å². The van der Waals surface area contributed by atoms with E-state index in [2.05, 4.69) is 15.3 Å². The van der Waals surface area contributed by atoms with Crippen LogP contribution < -0.4 is 5.32 Å². The third-order valence-corrected chi connectivity index (χ3v) is 3.19. The van der Waals surface area contributed by atoms with Crippen molar-refractivity contribution in [1.29, 1.82) is 0 Å². The van der Waals surface area contributed by atoms with Crippen LogP contribution in [0.2, 0.25) is 0 Å². The largest absolute Gasteiger partial charge is 0.386 e. The van der Waals surface area contributed by atoms with E-state index in [0.29, 0.717) is 12.1 Å². The van der Waals surface area contributed by atoms with Crippen molar-refractivity contribution < 1.29 is 4.79 Å². The zero-order valence-corrected chi connectivity index (χ0v) is 11.1. The van der Waals surface area contributed by atoms with Crippen molar-refractivity contribution in [2.45, 2.75) is 6.54 Å². The molecule has 0 atom stereocenters. The second kappa shape index (κ2) is 5.59. The predicted octanol–water partition coefficient (Wildman–Crippen LogP) is 1.85. The van der Waals surface area contributed by atoms with Gasteiger partial charge in [-0.15, -0.1) is 11.3 Å². The molecule has 6 heteroatoms. The topological polar surface area (TPSA) is 58.1 Å². The van der Waals surface area contributed by atoms with Crippen molar-refractivity contribution in [2.24, 2.45) is 0 Å². The molecule has 2 heterocycles. The Morgan fingerprint density at radius 2 is 2.39 bits per heavy atom. The number of amides is 1. The molecule has 1 amide bonds. The van der Waals surface area contributed by atoms with Gasteiger partial charge in [0.05, 0.1) is 35.2 Å². The fourth-order valence-electron chi connectivity index (χ4n) is 1.62. The number of anilines is 1. The standard InChI is InChI=1S/C12H14N4OS/c1-13-11-5-14-4-3-10(11)12(17)16(2)6-9-7-18-8-15-9/h3-5,7-8,13H,6H2,1-2H3. The molecule has 0 aliphatic heterocycles. The minimum Gasteiger partial charge on any atom is -0.386 e. The first-order valence-corrected chi connectivity index (χ1v) is 6.41. The van der Waals surface area contributed by atoms with Gasteiger partial charge in [-0.3, -0.25) is 9.78 Å². The Balaban J connectivity index is 2.15. The highest BCUT2D eigenvalue weighted by atomic mass is 32.1. The van der Waals surface area contributed by atoms with Crippen molar-refractivity contribution >= 4 is 22.9 Å². The molecule has 0 saturated heterocycles. The lowest BCUT2D eigenvalue weighted by molar-refractivity contribution is 0.0784. The predicted molar refractivity (Wildman–Crippen MR) is 71.7 cm³/mol. The Morgan fingerprint density at radius 3 is 3.06 bits per heavy atom. The summed E-state index contributed by atoms with van der Waals surface area (Å²) in [5.74, 6) is -0.0465. The molecule has 94 valence electrons. The van der Waals surface area contributed by atoms with Gasteiger partial charge in [-0.25, -0.2) is 4.98 Å². The minimum atomic E-state index is -0.0465. The van der Waals surface area contributed by atoms with E-state index < -0.39 is 0 Å². The van der Waals surface area contributed by atoms with Gasteiger partial charge in [0.1, 0.15) is 0 Å². The molecule has 2 aromatic heterocycles. The number of carbonyl (C=O) groups is 1. The maximum absolute atomic E-state index is 12.3. The van der Waals surface area contributed by atoms with Gasteiger partial charge in [0.2, 0.25) is 0 Å². The van der Waals surface area contributed by atoms with E-state index in [1.165, 1.54) is 11.3 Å². The van der Waals surface area contributed by atoms with Gasteiger partial charge in [0.25, 0.3) is 5.91 Å². The Labute approximate surface area is 109 Å². The molecule has 1 N–H and O–H groups in total. The zero-order chi connectivity index (χ0) is 13.0. The number of carbonyl (C=O) groups excluding carboxylic acids is 1. The normalized spacial score (nSPS) is 10.1. The number of hydrogen-bond donors (Lipinski definition) is 1. The van der Waals surface area contributed by atoms with Crippen molar-refractivity contribution in [1.82, 2.24) is 14.9 Å². The second-order valence-corrected chi connectivity index (χ2v) is 4.53. The lowest BCUT2D eigenvalue weighted by atomic mass is 10.2. The first-order chi connectivity index (χ1) is 8.72. The minimum absolute atomic E-state index is 0.0465. The maximum atomic E-state index is 12.3. The van der Waals surface area contributed by atoms with Crippen LogP contribution in [0.25, 0.3) is 0 Å². The summed E-state index contributed by atoms with van der Waals surface area (Å²) in [7, 11) is 3.54. The van der Waals surface area contributed by atoms with Crippen molar-refractivity contribution in [3.05, 3.63) is 40.6 Å². The van der Waals surface area contributed by atoms with Crippen molar-refractivity contribution in [3.63, 3.8) is 0 Å². The van der Waals surface area contributed by atoms with Crippen LogP contribution in [0.4, 0.5) is 5.69 Å². The molecule has 18 heavy (non-hydrogen) atoms. The SMILES string of the molecule is CNc1cnccc1C(=O)N(C)Cc1cscn1. The molecule has 0 spiro atoms. The number of aromatic nitrogens is 2. The second-order valence-electron chi connectivity index (χ2n) is 3.81. The molecule has 0 radical (unpaired) electrons. The summed E-state index contributed by atoms with van der Waals surface area (Å²) >= 11 is 1.53. The van der Waals surface area contributed by atoms with E-state index in [9.17, 15) is 4.79 Å². The van der Waals surface area contributed by atoms with Gasteiger partial charge in [-0.05, 0) is 6.07 Å². The highest BCUT2D eigenvalue weighted by Gasteiger charge is 2.15. The molecule has 0 fully saturated rings. The molecule has 5 nitrogen and oxygen atoms in total. The molecule has 2 rings (SSSR count). The highest BCUT2D eigenvalue weighted by Crippen LogP contribution is 2.15. The number of nitrogens with one attached hydrogen (secondary N) is 1. The first kappa shape index (κ1) is 12.5. The highest BCUT2D eigenvalue weighted by molar-refractivity contribution is 7.07. The molecule has 2 aromatic rings. The summed E-state index contributed by atoms with van der Waals surface area (Å²) in [5, 5.41) is 4.91. The summed E-state index contributed by atoms with van der Waals surface area (Å²) in [4.78, 5) is 22.1. The number of hydrogen-bond acceptors (Lipinski definition) is 5. The quantitative estimate of drug-likeness (QED) is 0.913. The molecule has 0 unspecified atom stereocenters. The Morgan fingerprint density at radius 1 is 1.56 bits per heavy atom. The maximum Gasteiger partial charge on any atom is 0.256 e. The number of pyridine rings is 1. The Hall–Kier alpha value is -1.95. The van der Waals surface area contributed by atoms with Gasteiger partial charge in [0, 0.05) is 25.7 Å². The number of rotatable bonds is 4. The lowest BCUT2D eigenvalue weighted by Gasteiger charge is -2.17. The van der Waals surface area contributed by atoms with Gasteiger partial charge in [-0.1, -0.05) is 0 Å². The van der Waals surface area contributed by atoms with Crippen molar-refractivity contribution in [2.75, 3.05) is 19.4 Å². The van der Waals surface area contributed by atoms with Crippen LogP contribution in [-0.4, -0.2) is 34.9 Å². The van der Waals surface area contributed by atoms with Crippen LogP contribution in [0.15, 0.2) is 29.4 Å². The van der Waals surface area contributed by atoms with E-state index in [4.69, 9.17) is 0 Å². The Bertz CT molecular complexity index is 527. The van der Waals surface area contributed by atoms with Crippen LogP contribution in [0.1, 0.15) is 16.1 Å². The summed E-state index contributed by atoms with van der Waals surface area (Å²) in [6.07, 6.45) is 3.26. The van der Waals surface area contributed by atoms with Crippen LogP contribution in [0.3, 0.4) is 0 Å². The smallest absolute Gasteiger partial charge is 0.256 e. The summed E-state index contributed by atoms with van der Waals surface area (Å²) in [6.45, 7) is 0.508. The van der Waals surface area contributed by atoms with Gasteiger partial charge in [-0.2, -0.15) is 0 Å². The zero-order valence-electron chi connectivity index (χ0n) is 10.3. The monoisotopic (exact) mass is 262 g/mol. The lowest BCUT2D eigenvalue weighted by Crippen LogP contribution is -2.27. The number of nitrogens with zero attached hydrogens (tertiary/aromatic N) is 3. The van der Waals surface area contributed by atoms with Crippen LogP contribution in [-0.2, 0) is 6.54 Å². The molecule has 0 saturated carbocycles. The van der Waals surface area contributed by atoms with Crippen LogP contribution >= 0.6 is 11.3 Å². The van der Waals surface area contributed by atoms with E-state index in [0.717, 1.165) is 11.4 Å². The first-order valence-electron chi connectivity index (χ1n) is 5.46. The van der Waals surface area contributed by atoms with E-state index in [-0.39, 0.29) is 5.91 Å². The van der Waals surface area contributed by atoms with Gasteiger partial charge < -0.3 is 10.2 Å². The summed E-state index contributed by atoms with van der Waals surface area (Å²) < 4.78 is 0. The summed E-state index contributed by atoms with van der Waals surface area (Å²) in [5.41, 5.74) is 4.01. The van der Waals surface area contributed by atoms with E-state index in [1.807, 2.05) is 5.38 Å². The molecule has 0 aliphatic carbocycles. The average molecular weight is 262 g/mol. The van der Waals surface area contributed by atoms with E-state index >= 15 is 0 Å². The third kappa shape index (κ3) is 2.65. The van der Waals surface area contributed by atoms with Crippen LogP contribution in [0, 0.1) is 0 Å². The molecular formula is C12H14N4OS. The van der Waals surface area contributed by atoms with Crippen molar-refractivity contribution in [3.8, 4) is 0 Å². The molecule has 0 aliphatic rings. The van der Waals surface area contributed by atoms with Gasteiger partial charge in [0.15, 0.2) is 0 Å². The summed E-state index contributed by atoms with van der Waals surface area (Å²) in [6, 6.07) is 1.71. The molecule has 0 bridgehead atoms. The third-order valence-electron chi connectivity index (χ3n) is 2.55. The fourth-order valence-corrected chi connectivity index (χ4v) is 2.17. The molecule has 0 aromatic carbocycles. The fraction of sp³-hybridized carbons (Fsp3) is 0.250.